The Labute approximate surface area is 109 Å². The summed E-state index contributed by atoms with van der Waals surface area (Å²) in [6, 6.07) is 0.0901. The van der Waals surface area contributed by atoms with Crippen LogP contribution in [-0.4, -0.2) is 44.6 Å². The predicted molar refractivity (Wildman–Crippen MR) is 72.2 cm³/mol. The highest BCUT2D eigenvalue weighted by molar-refractivity contribution is 5.02. The van der Waals surface area contributed by atoms with Gasteiger partial charge in [-0.05, 0) is 39.8 Å². The molecule has 1 unspecified atom stereocenters. The fraction of sp³-hybridized carbons (Fsp3) is 0.846. The second-order valence-corrected chi connectivity index (χ2v) is 5.90. The summed E-state index contributed by atoms with van der Waals surface area (Å²) in [6.45, 7) is 6.83. The molecule has 5 heteroatoms. The van der Waals surface area contributed by atoms with Crippen molar-refractivity contribution in [2.45, 2.75) is 51.1 Å². The Morgan fingerprint density at radius 3 is 2.56 bits per heavy atom. The molecule has 0 bridgehead atoms. The van der Waals surface area contributed by atoms with Gasteiger partial charge in [-0.25, -0.2) is 0 Å². The van der Waals surface area contributed by atoms with Gasteiger partial charge in [-0.3, -0.25) is 9.58 Å². The molecule has 102 valence electrons. The Kier molecular flexibility index (Phi) is 4.02. The van der Waals surface area contributed by atoms with Gasteiger partial charge in [0.05, 0.1) is 5.69 Å². The van der Waals surface area contributed by atoms with Crippen LogP contribution in [0.2, 0.25) is 0 Å². The third kappa shape index (κ3) is 2.90. The van der Waals surface area contributed by atoms with Gasteiger partial charge in [0, 0.05) is 31.2 Å². The van der Waals surface area contributed by atoms with E-state index in [1.807, 2.05) is 13.2 Å². The van der Waals surface area contributed by atoms with E-state index in [0.29, 0.717) is 0 Å². The van der Waals surface area contributed by atoms with E-state index in [9.17, 15) is 0 Å². The summed E-state index contributed by atoms with van der Waals surface area (Å²) in [5.41, 5.74) is 7.41. The Morgan fingerprint density at radius 1 is 1.33 bits per heavy atom. The van der Waals surface area contributed by atoms with Gasteiger partial charge in [0.1, 0.15) is 0 Å². The molecule has 0 amide bonds. The van der Waals surface area contributed by atoms with Crippen LogP contribution < -0.4 is 5.73 Å². The maximum absolute atomic E-state index is 6.40. The maximum Gasteiger partial charge on any atom is 0.0843 e. The Morgan fingerprint density at radius 2 is 2.00 bits per heavy atom. The zero-order chi connectivity index (χ0) is 13.2. The molecule has 0 spiro atoms. The molecular weight excluding hydrogens is 226 g/mol. The summed E-state index contributed by atoms with van der Waals surface area (Å²) < 4.78 is 1.73. The van der Waals surface area contributed by atoms with Crippen molar-refractivity contribution in [2.24, 2.45) is 12.8 Å². The standard InChI is InChI=1S/C13H25N5/c1-13(2,18-7-5-4-6-8-18)12(14)9-11-10-17(3)16-15-11/h10,12H,4-9,14H2,1-3H3. The van der Waals surface area contributed by atoms with E-state index in [1.54, 1.807) is 4.68 Å². The lowest BCUT2D eigenvalue weighted by Gasteiger charge is -2.44. The van der Waals surface area contributed by atoms with Crippen LogP contribution in [0.1, 0.15) is 38.8 Å². The van der Waals surface area contributed by atoms with E-state index in [0.717, 1.165) is 12.1 Å². The van der Waals surface area contributed by atoms with Gasteiger partial charge < -0.3 is 5.73 Å². The number of hydrogen-bond acceptors (Lipinski definition) is 4. The Hall–Kier alpha value is -0.940. The van der Waals surface area contributed by atoms with Crippen LogP contribution in [0.4, 0.5) is 0 Å². The van der Waals surface area contributed by atoms with E-state index < -0.39 is 0 Å². The van der Waals surface area contributed by atoms with Gasteiger partial charge in [-0.2, -0.15) is 0 Å². The summed E-state index contributed by atoms with van der Waals surface area (Å²) in [4.78, 5) is 2.53. The number of rotatable bonds is 4. The van der Waals surface area contributed by atoms with Crippen molar-refractivity contribution in [2.75, 3.05) is 13.1 Å². The van der Waals surface area contributed by atoms with E-state index in [1.165, 1.54) is 32.4 Å². The number of likely N-dealkylation sites (tertiary alicyclic amines) is 1. The highest BCUT2D eigenvalue weighted by atomic mass is 15.4. The highest BCUT2D eigenvalue weighted by Gasteiger charge is 2.34. The molecule has 2 heterocycles. The smallest absolute Gasteiger partial charge is 0.0843 e. The first kappa shape index (κ1) is 13.5. The SMILES string of the molecule is Cn1cc(CC(N)C(C)(C)N2CCCCC2)nn1. The monoisotopic (exact) mass is 251 g/mol. The minimum atomic E-state index is 0.0257. The van der Waals surface area contributed by atoms with Crippen molar-refractivity contribution >= 4 is 0 Å². The summed E-state index contributed by atoms with van der Waals surface area (Å²) in [5, 5.41) is 8.09. The number of nitrogens with two attached hydrogens (primary N) is 1. The van der Waals surface area contributed by atoms with Crippen molar-refractivity contribution in [1.82, 2.24) is 19.9 Å². The predicted octanol–water partition coefficient (Wildman–Crippen LogP) is 0.949. The molecule has 1 fully saturated rings. The largest absolute Gasteiger partial charge is 0.326 e. The zero-order valence-electron chi connectivity index (χ0n) is 11.8. The summed E-state index contributed by atoms with van der Waals surface area (Å²) in [6.07, 6.45) is 6.68. The average molecular weight is 251 g/mol. The topological polar surface area (TPSA) is 60.0 Å². The minimum absolute atomic E-state index is 0.0257. The number of aromatic nitrogens is 3. The first-order valence-electron chi connectivity index (χ1n) is 6.86. The molecule has 1 aliphatic heterocycles. The molecule has 1 aliphatic rings. The lowest BCUT2D eigenvalue weighted by atomic mass is 9.88. The Balaban J connectivity index is 1.99. The van der Waals surface area contributed by atoms with E-state index in [2.05, 4.69) is 29.1 Å². The normalized spacial score (nSPS) is 20.0. The lowest BCUT2D eigenvalue weighted by Crippen LogP contribution is -2.58. The molecule has 1 aromatic rings. The number of hydrogen-bond donors (Lipinski definition) is 1. The molecule has 0 aliphatic carbocycles. The van der Waals surface area contributed by atoms with Crippen LogP contribution in [0.25, 0.3) is 0 Å². The van der Waals surface area contributed by atoms with Crippen LogP contribution in [0, 0.1) is 0 Å². The highest BCUT2D eigenvalue weighted by Crippen LogP contribution is 2.24. The van der Waals surface area contributed by atoms with E-state index in [-0.39, 0.29) is 11.6 Å². The molecule has 0 radical (unpaired) electrons. The molecule has 0 aromatic carbocycles. The first-order valence-corrected chi connectivity index (χ1v) is 6.86. The van der Waals surface area contributed by atoms with Crippen molar-refractivity contribution < 1.29 is 0 Å². The average Bonchev–Trinajstić information content (AvgIpc) is 2.76. The van der Waals surface area contributed by atoms with Gasteiger partial charge >= 0.3 is 0 Å². The molecular formula is C13H25N5. The molecule has 18 heavy (non-hydrogen) atoms. The van der Waals surface area contributed by atoms with Crippen LogP contribution >= 0.6 is 0 Å². The van der Waals surface area contributed by atoms with Crippen LogP contribution in [0.5, 0.6) is 0 Å². The van der Waals surface area contributed by atoms with Crippen molar-refractivity contribution in [1.29, 1.82) is 0 Å². The minimum Gasteiger partial charge on any atom is -0.326 e. The third-order valence-electron chi connectivity index (χ3n) is 4.16. The number of aryl methyl sites for hydroxylation is 1. The number of piperidine rings is 1. The van der Waals surface area contributed by atoms with Gasteiger partial charge in [-0.15, -0.1) is 5.10 Å². The lowest BCUT2D eigenvalue weighted by molar-refractivity contribution is 0.0728. The fourth-order valence-corrected chi connectivity index (χ4v) is 2.67. The fourth-order valence-electron chi connectivity index (χ4n) is 2.67. The molecule has 2 N–H and O–H groups in total. The van der Waals surface area contributed by atoms with Gasteiger partial charge in [0.2, 0.25) is 0 Å². The zero-order valence-corrected chi connectivity index (χ0v) is 11.8. The van der Waals surface area contributed by atoms with Crippen molar-refractivity contribution in [3.63, 3.8) is 0 Å². The molecule has 5 nitrogen and oxygen atoms in total. The van der Waals surface area contributed by atoms with E-state index in [4.69, 9.17) is 5.73 Å². The maximum atomic E-state index is 6.40. The van der Waals surface area contributed by atoms with Crippen LogP contribution in [-0.2, 0) is 13.5 Å². The van der Waals surface area contributed by atoms with Crippen molar-refractivity contribution in [3.8, 4) is 0 Å². The first-order chi connectivity index (χ1) is 8.50. The van der Waals surface area contributed by atoms with Crippen LogP contribution in [0.3, 0.4) is 0 Å². The molecule has 1 atom stereocenters. The summed E-state index contributed by atoms with van der Waals surface area (Å²) in [7, 11) is 1.89. The third-order valence-corrected chi connectivity index (χ3v) is 4.16. The second kappa shape index (κ2) is 5.36. The van der Waals surface area contributed by atoms with Crippen molar-refractivity contribution in [3.05, 3.63) is 11.9 Å². The molecule has 1 saturated heterocycles. The quantitative estimate of drug-likeness (QED) is 0.865. The summed E-state index contributed by atoms with van der Waals surface area (Å²) >= 11 is 0. The molecule has 0 saturated carbocycles. The van der Waals surface area contributed by atoms with Gasteiger partial charge in [0.25, 0.3) is 0 Å². The second-order valence-electron chi connectivity index (χ2n) is 5.90. The molecule has 2 rings (SSSR count). The number of nitrogens with zero attached hydrogens (tertiary/aromatic N) is 4. The van der Waals surface area contributed by atoms with Gasteiger partial charge in [-0.1, -0.05) is 11.6 Å². The van der Waals surface area contributed by atoms with Crippen LogP contribution in [0.15, 0.2) is 6.20 Å². The molecule has 1 aromatic heterocycles. The summed E-state index contributed by atoms with van der Waals surface area (Å²) in [5.74, 6) is 0. The Bertz CT molecular complexity index is 378. The van der Waals surface area contributed by atoms with Gasteiger partial charge in [0.15, 0.2) is 0 Å². The van der Waals surface area contributed by atoms with E-state index >= 15 is 0 Å².